The summed E-state index contributed by atoms with van der Waals surface area (Å²) in [5, 5.41) is 0. The van der Waals surface area contributed by atoms with Crippen molar-refractivity contribution >= 4 is 33.0 Å². The minimum atomic E-state index is -3.40. The molecule has 1 N–H and O–H groups in total. The highest BCUT2D eigenvalue weighted by Crippen LogP contribution is 2.21. The lowest BCUT2D eigenvalue weighted by Crippen LogP contribution is -2.23. The first-order chi connectivity index (χ1) is 7.06. The Balaban J connectivity index is 2.53. The Bertz CT molecular complexity index is 403. The molecule has 0 aromatic carbocycles. The maximum absolute atomic E-state index is 11.6. The molecule has 15 heavy (non-hydrogen) atoms. The van der Waals surface area contributed by atoms with Gasteiger partial charge < -0.3 is 0 Å². The first-order valence-corrected chi connectivity index (χ1v) is 7.35. The van der Waals surface area contributed by atoms with E-state index in [4.69, 9.17) is 11.6 Å². The van der Waals surface area contributed by atoms with Crippen LogP contribution in [0, 0.1) is 0 Å². The molecule has 0 fully saturated rings. The molecule has 0 spiro atoms. The van der Waals surface area contributed by atoms with Crippen molar-refractivity contribution in [3.63, 3.8) is 0 Å². The van der Waals surface area contributed by atoms with E-state index in [2.05, 4.69) is 16.6 Å². The number of aromatic nitrogens is 1. The molecule has 7 heteroatoms. The molecule has 0 aliphatic heterocycles. The number of sulfonamides is 1. The molecule has 4 nitrogen and oxygen atoms in total. The van der Waals surface area contributed by atoms with Gasteiger partial charge in [-0.2, -0.15) is 0 Å². The summed E-state index contributed by atoms with van der Waals surface area (Å²) in [4.78, 5) is 3.69. The molecule has 1 heterocycles. The second-order valence-electron chi connectivity index (χ2n) is 3.04. The Morgan fingerprint density at radius 3 is 2.80 bits per heavy atom. The third kappa shape index (κ3) is 4.06. The highest BCUT2D eigenvalue weighted by Gasteiger charge is 2.16. The van der Waals surface area contributed by atoms with Crippen molar-refractivity contribution < 1.29 is 8.42 Å². The lowest BCUT2D eigenvalue weighted by molar-refractivity contribution is 0.578. The Hall–Kier alpha value is -0.170. The monoisotopic (exact) mass is 268 g/mol. The summed E-state index contributed by atoms with van der Waals surface area (Å²) in [5.74, 6) is 0. The van der Waals surface area contributed by atoms with Gasteiger partial charge in [-0.3, -0.25) is 0 Å². The van der Waals surface area contributed by atoms with Gasteiger partial charge in [0.25, 0.3) is 10.0 Å². The van der Waals surface area contributed by atoms with Crippen LogP contribution >= 0.6 is 22.9 Å². The molecule has 1 aromatic heterocycles. The number of hydrogen-bond acceptors (Lipinski definition) is 4. The molecule has 0 radical (unpaired) electrons. The van der Waals surface area contributed by atoms with Crippen molar-refractivity contribution in [1.29, 1.82) is 0 Å². The van der Waals surface area contributed by atoms with Gasteiger partial charge >= 0.3 is 0 Å². The van der Waals surface area contributed by atoms with Crippen molar-refractivity contribution in [2.75, 3.05) is 6.54 Å². The topological polar surface area (TPSA) is 59.1 Å². The van der Waals surface area contributed by atoms with Crippen LogP contribution in [0.15, 0.2) is 10.4 Å². The van der Waals surface area contributed by atoms with Crippen molar-refractivity contribution in [2.24, 2.45) is 0 Å². The van der Waals surface area contributed by atoms with Crippen molar-refractivity contribution in [1.82, 2.24) is 9.71 Å². The second kappa shape index (κ2) is 5.79. The van der Waals surface area contributed by atoms with E-state index in [1.165, 1.54) is 6.20 Å². The predicted octanol–water partition coefficient (Wildman–Crippen LogP) is 2.27. The summed E-state index contributed by atoms with van der Waals surface area (Å²) >= 11 is 6.53. The van der Waals surface area contributed by atoms with E-state index in [-0.39, 0.29) is 8.68 Å². The quantitative estimate of drug-likeness (QED) is 0.805. The molecule has 0 atom stereocenters. The number of rotatable bonds is 6. The normalized spacial score (nSPS) is 11.9. The third-order valence-electron chi connectivity index (χ3n) is 1.79. The number of hydrogen-bond donors (Lipinski definition) is 1. The molecule has 86 valence electrons. The fourth-order valence-electron chi connectivity index (χ4n) is 1.02. The van der Waals surface area contributed by atoms with Gasteiger partial charge in [-0.1, -0.05) is 42.7 Å². The summed E-state index contributed by atoms with van der Waals surface area (Å²) in [6.07, 6.45) is 4.21. The fourth-order valence-corrected chi connectivity index (χ4v) is 3.43. The minimum absolute atomic E-state index is 0.170. The van der Waals surface area contributed by atoms with Crippen molar-refractivity contribution in [3.05, 3.63) is 10.7 Å². The van der Waals surface area contributed by atoms with Gasteiger partial charge in [0, 0.05) is 6.54 Å². The minimum Gasteiger partial charge on any atom is -0.232 e. The second-order valence-corrected chi connectivity index (χ2v) is 6.64. The number of unbranched alkanes of at least 4 members (excludes halogenated alkanes) is 2. The Kier molecular flexibility index (Phi) is 4.98. The van der Waals surface area contributed by atoms with E-state index in [9.17, 15) is 8.42 Å². The molecule has 0 saturated carbocycles. The number of halogens is 1. The summed E-state index contributed by atoms with van der Waals surface area (Å²) in [5.41, 5.74) is 0. The lowest BCUT2D eigenvalue weighted by atomic mass is 10.3. The summed E-state index contributed by atoms with van der Waals surface area (Å²) in [6.45, 7) is 2.53. The van der Waals surface area contributed by atoms with E-state index in [1.54, 1.807) is 0 Å². The van der Waals surface area contributed by atoms with Gasteiger partial charge in [0.1, 0.15) is 0 Å². The van der Waals surface area contributed by atoms with Gasteiger partial charge in [-0.15, -0.1) is 0 Å². The van der Waals surface area contributed by atoms with E-state index in [0.29, 0.717) is 6.54 Å². The maximum Gasteiger partial charge on any atom is 0.251 e. The zero-order valence-electron chi connectivity index (χ0n) is 8.36. The first-order valence-electron chi connectivity index (χ1n) is 4.67. The van der Waals surface area contributed by atoms with E-state index < -0.39 is 10.0 Å². The Morgan fingerprint density at radius 1 is 1.53 bits per heavy atom. The van der Waals surface area contributed by atoms with Crippen molar-refractivity contribution in [3.8, 4) is 0 Å². The predicted molar refractivity (Wildman–Crippen MR) is 61.8 cm³/mol. The van der Waals surface area contributed by atoms with Crippen LogP contribution in [0.2, 0.25) is 4.47 Å². The van der Waals surface area contributed by atoms with E-state index in [1.807, 2.05) is 0 Å². The van der Waals surface area contributed by atoms with Gasteiger partial charge in [0.15, 0.2) is 8.68 Å². The SMILES string of the molecule is CCCCCNS(=O)(=O)c1cnc(Cl)s1. The van der Waals surface area contributed by atoms with Gasteiger partial charge in [-0.05, 0) is 6.42 Å². The average molecular weight is 269 g/mol. The molecule has 1 rings (SSSR count). The van der Waals surface area contributed by atoms with Gasteiger partial charge in [-0.25, -0.2) is 18.1 Å². The Morgan fingerprint density at radius 2 is 2.27 bits per heavy atom. The third-order valence-corrected chi connectivity index (χ3v) is 4.83. The molecule has 0 aliphatic carbocycles. The average Bonchev–Trinajstić information content (AvgIpc) is 2.60. The van der Waals surface area contributed by atoms with E-state index >= 15 is 0 Å². The lowest BCUT2D eigenvalue weighted by Gasteiger charge is -2.02. The molecule has 1 aromatic rings. The smallest absolute Gasteiger partial charge is 0.232 e. The van der Waals surface area contributed by atoms with Crippen LogP contribution in [0.5, 0.6) is 0 Å². The number of nitrogens with zero attached hydrogens (tertiary/aromatic N) is 1. The van der Waals surface area contributed by atoms with Crippen LogP contribution in [0.1, 0.15) is 26.2 Å². The summed E-state index contributed by atoms with van der Waals surface area (Å²) in [6, 6.07) is 0. The summed E-state index contributed by atoms with van der Waals surface area (Å²) in [7, 11) is -3.40. The van der Waals surface area contributed by atoms with Crippen LogP contribution in [0.25, 0.3) is 0 Å². The van der Waals surface area contributed by atoms with Crippen molar-refractivity contribution in [2.45, 2.75) is 30.4 Å². The maximum atomic E-state index is 11.6. The van der Waals surface area contributed by atoms with Crippen LogP contribution in [-0.2, 0) is 10.0 Å². The summed E-state index contributed by atoms with van der Waals surface area (Å²) < 4.78 is 26.1. The first kappa shape index (κ1) is 12.9. The fraction of sp³-hybridized carbons (Fsp3) is 0.625. The van der Waals surface area contributed by atoms with Gasteiger partial charge in [0.2, 0.25) is 0 Å². The zero-order valence-corrected chi connectivity index (χ0v) is 10.8. The largest absolute Gasteiger partial charge is 0.251 e. The molecule has 0 amide bonds. The number of thiazole rings is 1. The Labute approximate surface area is 98.7 Å². The number of nitrogens with one attached hydrogen (secondary N) is 1. The highest BCUT2D eigenvalue weighted by atomic mass is 35.5. The molecule has 0 aliphatic rings. The van der Waals surface area contributed by atoms with Crippen LogP contribution in [0.3, 0.4) is 0 Å². The molecular weight excluding hydrogens is 256 g/mol. The zero-order chi connectivity index (χ0) is 11.3. The van der Waals surface area contributed by atoms with Crippen LogP contribution in [0.4, 0.5) is 0 Å². The standard InChI is InChI=1S/C8H13ClN2O2S2/c1-2-3-4-5-11-15(12,13)7-6-10-8(9)14-7/h6,11H,2-5H2,1H3. The van der Waals surface area contributed by atoms with E-state index in [0.717, 1.165) is 30.6 Å². The van der Waals surface area contributed by atoms with Gasteiger partial charge in [0.05, 0.1) is 6.20 Å². The van der Waals surface area contributed by atoms with Crippen LogP contribution < -0.4 is 4.72 Å². The molecule has 0 saturated heterocycles. The van der Waals surface area contributed by atoms with Crippen LogP contribution in [-0.4, -0.2) is 19.9 Å². The molecular formula is C8H13ClN2O2S2. The molecule has 0 bridgehead atoms. The molecule has 0 unspecified atom stereocenters. The highest BCUT2D eigenvalue weighted by molar-refractivity contribution is 7.91.